The highest BCUT2D eigenvalue weighted by Crippen LogP contribution is 2.27. The Morgan fingerprint density at radius 3 is 2.00 bits per heavy atom. The molecule has 0 fully saturated rings. The van der Waals surface area contributed by atoms with E-state index in [9.17, 15) is 27.5 Å². The molecule has 0 saturated heterocycles. The highest BCUT2D eigenvalue weighted by Gasteiger charge is 2.25. The Bertz CT molecular complexity index is 1500. The van der Waals surface area contributed by atoms with Crippen molar-refractivity contribution in [2.75, 3.05) is 12.0 Å². The summed E-state index contributed by atoms with van der Waals surface area (Å²) >= 11 is 0. The van der Waals surface area contributed by atoms with Gasteiger partial charge in [0.25, 0.3) is 0 Å². The molecule has 39 heavy (non-hydrogen) atoms. The lowest BCUT2D eigenvalue weighted by molar-refractivity contribution is -0.137. The van der Waals surface area contributed by atoms with Gasteiger partial charge in [0.15, 0.2) is 23.3 Å². The van der Waals surface area contributed by atoms with Crippen molar-refractivity contribution in [2.24, 2.45) is 5.10 Å². The third kappa shape index (κ3) is 6.09. The zero-order valence-corrected chi connectivity index (χ0v) is 20.3. The van der Waals surface area contributed by atoms with Crippen molar-refractivity contribution in [3.63, 3.8) is 0 Å². The van der Waals surface area contributed by atoms with E-state index in [-0.39, 0.29) is 18.6 Å². The fraction of sp³-hybridized carbons (Fsp3) is 0.0714. The zero-order valence-electron chi connectivity index (χ0n) is 20.3. The molecule has 0 bridgehead atoms. The molecule has 1 heterocycles. The largest absolute Gasteiger partial charge is 0.506 e. The van der Waals surface area contributed by atoms with E-state index in [2.05, 4.69) is 20.5 Å². The zero-order chi connectivity index (χ0) is 27.9. The van der Waals surface area contributed by atoms with Gasteiger partial charge in [-0.1, -0.05) is 60.7 Å². The molecule has 4 aromatic rings. The molecule has 0 amide bonds. The second-order valence-electron chi connectivity index (χ2n) is 7.89. The number of aliphatic hydroxyl groups is 1. The molecular formula is C28H20F4N4O3. The van der Waals surface area contributed by atoms with E-state index in [1.54, 1.807) is 6.07 Å². The fourth-order valence-electron chi connectivity index (χ4n) is 3.48. The Morgan fingerprint density at radius 2 is 1.46 bits per heavy atom. The second-order valence-corrected chi connectivity index (χ2v) is 7.89. The number of rotatable bonds is 8. The van der Waals surface area contributed by atoms with Gasteiger partial charge in [0.2, 0.25) is 5.95 Å². The fourth-order valence-corrected chi connectivity index (χ4v) is 3.48. The van der Waals surface area contributed by atoms with Crippen LogP contribution in [0.2, 0.25) is 0 Å². The molecule has 198 valence electrons. The molecule has 2 N–H and O–H groups in total. The van der Waals surface area contributed by atoms with Crippen LogP contribution in [0.1, 0.15) is 12.5 Å². The van der Waals surface area contributed by atoms with Crippen LogP contribution < -0.4 is 5.43 Å². The third-order valence-electron chi connectivity index (χ3n) is 5.33. The molecule has 0 aliphatic carbocycles. The van der Waals surface area contributed by atoms with E-state index >= 15 is 0 Å². The van der Waals surface area contributed by atoms with Crippen LogP contribution >= 0.6 is 0 Å². The Labute approximate surface area is 220 Å². The number of aromatic nitrogens is 2. The van der Waals surface area contributed by atoms with Crippen molar-refractivity contribution in [1.29, 1.82) is 0 Å². The average Bonchev–Trinajstić information content (AvgIpc) is 2.96. The van der Waals surface area contributed by atoms with Crippen LogP contribution in [0, 0.1) is 23.3 Å². The number of anilines is 1. The maximum atomic E-state index is 14.3. The molecule has 1 aromatic heterocycles. The summed E-state index contributed by atoms with van der Waals surface area (Å²) in [6, 6.07) is 20.4. The monoisotopic (exact) mass is 536 g/mol. The summed E-state index contributed by atoms with van der Waals surface area (Å²) in [4.78, 5) is 21.3. The third-order valence-corrected chi connectivity index (χ3v) is 5.33. The number of carbonyl (C=O) groups is 1. The van der Waals surface area contributed by atoms with E-state index in [4.69, 9.17) is 4.74 Å². The van der Waals surface area contributed by atoms with Gasteiger partial charge in [-0.3, -0.25) is 0 Å². The van der Waals surface area contributed by atoms with Crippen LogP contribution in [0.25, 0.3) is 28.3 Å². The molecule has 4 rings (SSSR count). The molecule has 3 aromatic carbocycles. The summed E-state index contributed by atoms with van der Waals surface area (Å²) in [5.41, 5.74) is 3.33. The van der Waals surface area contributed by atoms with Crippen molar-refractivity contribution >= 4 is 23.9 Å². The van der Waals surface area contributed by atoms with Gasteiger partial charge in [0.1, 0.15) is 11.3 Å². The van der Waals surface area contributed by atoms with Crippen molar-refractivity contribution in [3.05, 3.63) is 107 Å². The standard InChI is InChI=1S/C28H20F4N4O3/c1-2-39-27(38)19(26(37)18-13-20(29)24(31)25(32)23(18)30)15-33-36-28-34-21(16-9-5-3-6-10-16)14-22(35-28)17-11-7-4-8-12-17/h3-15,37H,2H2,1H3,(H,34,35,36). The number of aliphatic hydroxyl groups excluding tert-OH is 1. The van der Waals surface area contributed by atoms with E-state index in [0.717, 1.165) is 17.3 Å². The summed E-state index contributed by atoms with van der Waals surface area (Å²) in [6.07, 6.45) is 0.743. The van der Waals surface area contributed by atoms with Gasteiger partial charge in [-0.25, -0.2) is 37.7 Å². The van der Waals surface area contributed by atoms with Gasteiger partial charge >= 0.3 is 5.97 Å². The maximum Gasteiger partial charge on any atom is 0.343 e. The van der Waals surface area contributed by atoms with Crippen LogP contribution in [0.4, 0.5) is 23.5 Å². The predicted octanol–water partition coefficient (Wildman–Crippen LogP) is 6.30. The minimum atomic E-state index is -2.16. The molecule has 11 heteroatoms. The number of halogens is 4. The van der Waals surface area contributed by atoms with Crippen molar-refractivity contribution in [3.8, 4) is 22.5 Å². The van der Waals surface area contributed by atoms with Gasteiger partial charge < -0.3 is 9.84 Å². The molecule has 0 saturated carbocycles. The number of hydrogen-bond acceptors (Lipinski definition) is 7. The smallest absolute Gasteiger partial charge is 0.343 e. The average molecular weight is 536 g/mol. The van der Waals surface area contributed by atoms with Crippen molar-refractivity contribution in [1.82, 2.24) is 9.97 Å². The quantitative estimate of drug-likeness (QED) is 0.0401. The first-order valence-corrected chi connectivity index (χ1v) is 11.5. The Kier molecular flexibility index (Phi) is 8.30. The van der Waals surface area contributed by atoms with Gasteiger partial charge in [0, 0.05) is 11.1 Å². The van der Waals surface area contributed by atoms with E-state index in [0.29, 0.717) is 11.4 Å². The summed E-state index contributed by atoms with van der Waals surface area (Å²) in [7, 11) is 0. The Hall–Kier alpha value is -5.06. The molecule has 7 nitrogen and oxygen atoms in total. The lowest BCUT2D eigenvalue weighted by Crippen LogP contribution is -2.13. The highest BCUT2D eigenvalue weighted by atomic mass is 19.2. The summed E-state index contributed by atoms with van der Waals surface area (Å²) in [5.74, 6) is -10.3. The number of carbonyl (C=O) groups excluding carboxylic acids is 1. The molecule has 0 aliphatic heterocycles. The minimum absolute atomic E-state index is 0.000735. The Morgan fingerprint density at radius 1 is 0.897 bits per heavy atom. The maximum absolute atomic E-state index is 14.3. The van der Waals surface area contributed by atoms with Crippen molar-refractivity contribution < 1.29 is 32.2 Å². The van der Waals surface area contributed by atoms with Crippen LogP contribution in [0.15, 0.2) is 83.5 Å². The first kappa shape index (κ1) is 27.0. The summed E-state index contributed by atoms with van der Waals surface area (Å²) in [5, 5.41) is 14.4. The predicted molar refractivity (Wildman–Crippen MR) is 137 cm³/mol. The SMILES string of the molecule is CCOC(=O)C(C=NNc1nc(-c2ccccc2)cc(-c2ccccc2)n1)=C(O)c1cc(F)c(F)c(F)c1F. The molecule has 0 unspecified atom stereocenters. The lowest BCUT2D eigenvalue weighted by Gasteiger charge is -2.10. The molecule has 0 atom stereocenters. The van der Waals surface area contributed by atoms with Gasteiger partial charge in [0.05, 0.1) is 29.8 Å². The van der Waals surface area contributed by atoms with E-state index in [1.807, 2.05) is 60.7 Å². The summed E-state index contributed by atoms with van der Waals surface area (Å²) < 4.78 is 60.0. The topological polar surface area (TPSA) is 96.7 Å². The molecule has 0 aliphatic rings. The van der Waals surface area contributed by atoms with Crippen molar-refractivity contribution in [2.45, 2.75) is 6.92 Å². The van der Waals surface area contributed by atoms with Crippen LogP contribution in [-0.4, -0.2) is 33.9 Å². The van der Waals surface area contributed by atoms with Gasteiger partial charge in [-0.2, -0.15) is 5.10 Å². The van der Waals surface area contributed by atoms with E-state index in [1.165, 1.54) is 6.92 Å². The number of hydrazone groups is 1. The number of esters is 1. The lowest BCUT2D eigenvalue weighted by atomic mass is 10.1. The normalized spacial score (nSPS) is 11.8. The number of hydrogen-bond donors (Lipinski definition) is 2. The molecule has 0 spiro atoms. The number of ether oxygens (including phenoxy) is 1. The number of nitrogens with zero attached hydrogens (tertiary/aromatic N) is 3. The highest BCUT2D eigenvalue weighted by molar-refractivity contribution is 6.15. The molecular weight excluding hydrogens is 516 g/mol. The second kappa shape index (κ2) is 12.0. The van der Waals surface area contributed by atoms with Crippen LogP contribution in [0.5, 0.6) is 0 Å². The van der Waals surface area contributed by atoms with Gasteiger partial charge in [-0.15, -0.1) is 0 Å². The van der Waals surface area contributed by atoms with Crippen LogP contribution in [0.3, 0.4) is 0 Å². The summed E-state index contributed by atoms with van der Waals surface area (Å²) in [6.45, 7) is 1.32. The Balaban J connectivity index is 1.74. The minimum Gasteiger partial charge on any atom is -0.506 e. The molecule has 0 radical (unpaired) electrons. The number of benzene rings is 3. The first-order valence-electron chi connectivity index (χ1n) is 11.5. The van der Waals surface area contributed by atoms with E-state index < -0.39 is 46.1 Å². The van der Waals surface area contributed by atoms with Gasteiger partial charge in [-0.05, 0) is 19.1 Å². The number of nitrogens with one attached hydrogen (secondary N) is 1. The first-order chi connectivity index (χ1) is 18.8. The van der Waals surface area contributed by atoms with Crippen LogP contribution in [-0.2, 0) is 9.53 Å².